The monoisotopic (exact) mass is 203 g/mol. The minimum Gasteiger partial charge on any atom is -0.398 e. The first-order valence-corrected chi connectivity index (χ1v) is 4.69. The van der Waals surface area contributed by atoms with Gasteiger partial charge in [0.2, 0.25) is 0 Å². The van der Waals surface area contributed by atoms with E-state index in [1.165, 1.54) is 0 Å². The Labute approximate surface area is 87.9 Å². The van der Waals surface area contributed by atoms with Crippen LogP contribution in [0.1, 0.15) is 11.1 Å². The number of hydrogen-bond acceptors (Lipinski definition) is 4. The summed E-state index contributed by atoms with van der Waals surface area (Å²) >= 11 is 0. The summed E-state index contributed by atoms with van der Waals surface area (Å²) in [5.74, 6) is 0.735. The van der Waals surface area contributed by atoms with Crippen LogP contribution in [0.3, 0.4) is 0 Å². The van der Waals surface area contributed by atoms with Crippen LogP contribution in [0.2, 0.25) is 0 Å². The average molecular weight is 203 g/mol. The van der Waals surface area contributed by atoms with Gasteiger partial charge in [-0.25, -0.2) is 4.68 Å². The molecule has 0 aliphatic heterocycles. The van der Waals surface area contributed by atoms with E-state index in [1.807, 2.05) is 33.0 Å². The summed E-state index contributed by atoms with van der Waals surface area (Å²) in [4.78, 5) is 0. The lowest BCUT2D eigenvalue weighted by atomic mass is 10.0. The third kappa shape index (κ3) is 1.56. The minimum atomic E-state index is 0.735. The van der Waals surface area contributed by atoms with Crippen LogP contribution in [0.25, 0.3) is 11.4 Å². The van der Waals surface area contributed by atoms with Gasteiger partial charge in [-0.2, -0.15) is 0 Å². The zero-order valence-electron chi connectivity index (χ0n) is 9.02. The zero-order chi connectivity index (χ0) is 11.0. The van der Waals surface area contributed by atoms with Gasteiger partial charge in [0, 0.05) is 18.3 Å². The Morgan fingerprint density at radius 1 is 1.20 bits per heavy atom. The molecule has 78 valence electrons. The molecule has 1 aromatic heterocycles. The van der Waals surface area contributed by atoms with Crippen molar-refractivity contribution >= 4 is 5.69 Å². The highest BCUT2D eigenvalue weighted by Crippen LogP contribution is 2.25. The Balaban J connectivity index is 2.64. The van der Waals surface area contributed by atoms with Gasteiger partial charge >= 0.3 is 0 Å². The molecule has 0 atom stereocenters. The molecule has 2 aromatic rings. The topological polar surface area (TPSA) is 69.6 Å². The number of benzene rings is 1. The van der Waals surface area contributed by atoms with E-state index < -0.39 is 0 Å². The molecule has 0 aliphatic rings. The van der Waals surface area contributed by atoms with Gasteiger partial charge in [-0.15, -0.1) is 5.10 Å². The first-order valence-electron chi connectivity index (χ1n) is 4.69. The van der Waals surface area contributed by atoms with Crippen LogP contribution < -0.4 is 5.73 Å². The summed E-state index contributed by atoms with van der Waals surface area (Å²) in [6.07, 6.45) is 0. The van der Waals surface area contributed by atoms with Crippen molar-refractivity contribution in [2.24, 2.45) is 7.05 Å². The van der Waals surface area contributed by atoms with Gasteiger partial charge in [0.05, 0.1) is 0 Å². The van der Waals surface area contributed by atoms with Crippen molar-refractivity contribution in [3.63, 3.8) is 0 Å². The third-order valence-corrected chi connectivity index (χ3v) is 2.47. The van der Waals surface area contributed by atoms with Gasteiger partial charge in [-0.3, -0.25) is 0 Å². The molecule has 5 nitrogen and oxygen atoms in total. The summed E-state index contributed by atoms with van der Waals surface area (Å²) in [5.41, 5.74) is 9.81. The second-order valence-electron chi connectivity index (χ2n) is 3.65. The van der Waals surface area contributed by atoms with Crippen LogP contribution in [0, 0.1) is 13.8 Å². The molecule has 0 aliphatic carbocycles. The van der Waals surface area contributed by atoms with Crippen molar-refractivity contribution in [3.05, 3.63) is 23.3 Å². The quantitative estimate of drug-likeness (QED) is 0.704. The molecule has 5 heteroatoms. The maximum atomic E-state index is 5.87. The van der Waals surface area contributed by atoms with Crippen molar-refractivity contribution in [2.45, 2.75) is 13.8 Å². The highest BCUT2D eigenvalue weighted by atomic mass is 15.5. The summed E-state index contributed by atoms with van der Waals surface area (Å²) in [6.45, 7) is 4.01. The van der Waals surface area contributed by atoms with E-state index >= 15 is 0 Å². The lowest BCUT2D eigenvalue weighted by Gasteiger charge is -2.07. The largest absolute Gasteiger partial charge is 0.398 e. The standard InChI is InChI=1S/C10H13N5/c1-6-4-7(2)9(11)5-8(6)10-12-13-14-15(10)3/h4-5H,11H2,1-3H3. The second-order valence-corrected chi connectivity index (χ2v) is 3.65. The van der Waals surface area contributed by atoms with Crippen LogP contribution in [0.4, 0.5) is 5.69 Å². The lowest BCUT2D eigenvalue weighted by Crippen LogP contribution is -1.99. The molecule has 2 N–H and O–H groups in total. The fourth-order valence-electron chi connectivity index (χ4n) is 1.57. The molecule has 0 saturated heterocycles. The van der Waals surface area contributed by atoms with Gasteiger partial charge in [0.1, 0.15) is 0 Å². The third-order valence-electron chi connectivity index (χ3n) is 2.47. The molecule has 0 amide bonds. The van der Waals surface area contributed by atoms with E-state index in [4.69, 9.17) is 5.73 Å². The second kappa shape index (κ2) is 3.34. The molecule has 2 rings (SSSR count). The number of tetrazole rings is 1. The van der Waals surface area contributed by atoms with E-state index in [-0.39, 0.29) is 0 Å². The predicted octanol–water partition coefficient (Wildman–Crippen LogP) is 1.08. The van der Waals surface area contributed by atoms with Gasteiger partial charge in [-0.05, 0) is 41.5 Å². The molecule has 0 radical (unpaired) electrons. The van der Waals surface area contributed by atoms with Crippen molar-refractivity contribution in [1.82, 2.24) is 20.2 Å². The van der Waals surface area contributed by atoms with Gasteiger partial charge < -0.3 is 5.73 Å². The first kappa shape index (κ1) is 9.64. The fourth-order valence-corrected chi connectivity index (χ4v) is 1.57. The summed E-state index contributed by atoms with van der Waals surface area (Å²) in [6, 6.07) is 3.95. The van der Waals surface area contributed by atoms with Crippen LogP contribution in [-0.4, -0.2) is 20.2 Å². The maximum absolute atomic E-state index is 5.87. The highest BCUT2D eigenvalue weighted by molar-refractivity contribution is 5.67. The molecule has 0 saturated carbocycles. The molecule has 15 heavy (non-hydrogen) atoms. The number of anilines is 1. The smallest absolute Gasteiger partial charge is 0.182 e. The van der Waals surface area contributed by atoms with Crippen LogP contribution >= 0.6 is 0 Å². The number of rotatable bonds is 1. The molecule has 0 fully saturated rings. The van der Waals surface area contributed by atoms with Crippen LogP contribution in [-0.2, 0) is 7.05 Å². The molecular weight excluding hydrogens is 190 g/mol. The molecule has 1 aromatic carbocycles. The van der Waals surface area contributed by atoms with Crippen LogP contribution in [0.15, 0.2) is 12.1 Å². The van der Waals surface area contributed by atoms with Gasteiger partial charge in [0.15, 0.2) is 5.82 Å². The minimum absolute atomic E-state index is 0.735. The number of aromatic nitrogens is 4. The lowest BCUT2D eigenvalue weighted by molar-refractivity contribution is 0.714. The van der Waals surface area contributed by atoms with Crippen molar-refractivity contribution in [3.8, 4) is 11.4 Å². The van der Waals surface area contributed by atoms with Crippen molar-refractivity contribution in [2.75, 3.05) is 5.73 Å². The Morgan fingerprint density at radius 2 is 1.93 bits per heavy atom. The highest BCUT2D eigenvalue weighted by Gasteiger charge is 2.10. The van der Waals surface area contributed by atoms with Gasteiger partial charge in [-0.1, -0.05) is 6.07 Å². The van der Waals surface area contributed by atoms with E-state index in [9.17, 15) is 0 Å². The molecular formula is C10H13N5. The van der Waals surface area contributed by atoms with Crippen molar-refractivity contribution in [1.29, 1.82) is 0 Å². The average Bonchev–Trinajstić information content (AvgIpc) is 2.58. The van der Waals surface area contributed by atoms with E-state index in [1.54, 1.807) is 4.68 Å². The number of nitrogen functional groups attached to an aromatic ring is 1. The van der Waals surface area contributed by atoms with E-state index in [0.29, 0.717) is 0 Å². The summed E-state index contributed by atoms with van der Waals surface area (Å²) < 4.78 is 1.64. The Hall–Kier alpha value is -1.91. The normalized spacial score (nSPS) is 10.6. The van der Waals surface area contributed by atoms with Crippen molar-refractivity contribution < 1.29 is 0 Å². The summed E-state index contributed by atoms with van der Waals surface area (Å²) in [5, 5.41) is 11.4. The number of hydrogen-bond donors (Lipinski definition) is 1. The van der Waals surface area contributed by atoms with Gasteiger partial charge in [0.25, 0.3) is 0 Å². The maximum Gasteiger partial charge on any atom is 0.182 e. The Bertz CT molecular complexity index is 501. The SMILES string of the molecule is Cc1cc(C)c(-c2nnnn2C)cc1N. The first-order chi connectivity index (χ1) is 7.09. The fraction of sp³-hybridized carbons (Fsp3) is 0.300. The zero-order valence-corrected chi connectivity index (χ0v) is 9.02. The number of nitrogens with zero attached hydrogens (tertiary/aromatic N) is 4. The van der Waals surface area contributed by atoms with E-state index in [2.05, 4.69) is 15.5 Å². The number of nitrogens with two attached hydrogens (primary N) is 1. The Morgan fingerprint density at radius 3 is 2.53 bits per heavy atom. The van der Waals surface area contributed by atoms with Crippen LogP contribution in [0.5, 0.6) is 0 Å². The summed E-state index contributed by atoms with van der Waals surface area (Å²) in [7, 11) is 1.81. The van der Waals surface area contributed by atoms with E-state index in [0.717, 1.165) is 28.2 Å². The molecule has 1 heterocycles. The molecule has 0 unspecified atom stereocenters. The molecule has 0 bridgehead atoms. The molecule has 0 spiro atoms. The number of aryl methyl sites for hydroxylation is 3. The predicted molar refractivity (Wildman–Crippen MR) is 58.1 cm³/mol. The Kier molecular flexibility index (Phi) is 2.15.